The van der Waals surface area contributed by atoms with Crippen LogP contribution < -0.4 is 5.32 Å². The maximum atomic E-state index is 13.4. The van der Waals surface area contributed by atoms with Gasteiger partial charge in [-0.15, -0.1) is 0 Å². The molecule has 1 saturated heterocycles. The minimum Gasteiger partial charge on any atom is -0.336 e. The molecule has 0 bridgehead atoms. The van der Waals surface area contributed by atoms with Crippen LogP contribution in [0.4, 0.5) is 0 Å². The maximum Gasteiger partial charge on any atom is 0.254 e. The Labute approximate surface area is 172 Å². The lowest BCUT2D eigenvalue weighted by molar-refractivity contribution is 0.0642. The number of rotatable bonds is 6. The van der Waals surface area contributed by atoms with Crippen molar-refractivity contribution in [2.24, 2.45) is 0 Å². The van der Waals surface area contributed by atoms with Gasteiger partial charge in [-0.1, -0.05) is 43.3 Å². The Bertz CT molecular complexity index is 944. The number of carbonyl (C=O) groups is 1. The summed E-state index contributed by atoms with van der Waals surface area (Å²) in [6.07, 6.45) is 4.80. The summed E-state index contributed by atoms with van der Waals surface area (Å²) in [6, 6.07) is 20.4. The molecule has 0 radical (unpaired) electrons. The van der Waals surface area contributed by atoms with Crippen molar-refractivity contribution in [3.05, 3.63) is 72.4 Å². The second-order valence-electron chi connectivity index (χ2n) is 7.52. The molecule has 2 aromatic carbocycles. The van der Waals surface area contributed by atoms with Crippen molar-refractivity contribution in [2.75, 3.05) is 19.6 Å². The van der Waals surface area contributed by atoms with E-state index in [2.05, 4.69) is 34.4 Å². The van der Waals surface area contributed by atoms with Crippen LogP contribution in [0.15, 0.2) is 66.9 Å². The first kappa shape index (κ1) is 19.4. The summed E-state index contributed by atoms with van der Waals surface area (Å²) in [4.78, 5) is 15.5. The standard InChI is InChI=1S/C24H28N4O/c1-2-17-27(21-11-14-25-15-12-21)24(29)20-9-6-10-22(18-20)28-23(13-16-26-28)19-7-4-3-5-8-19/h3-10,13,16,18,21,25H,2,11-12,14-15,17H2,1H3. The first-order valence-electron chi connectivity index (χ1n) is 10.5. The van der Waals surface area contributed by atoms with Crippen LogP contribution >= 0.6 is 0 Å². The highest BCUT2D eigenvalue weighted by Crippen LogP contribution is 2.23. The van der Waals surface area contributed by atoms with Crippen molar-refractivity contribution in [3.63, 3.8) is 0 Å². The van der Waals surface area contributed by atoms with Crippen molar-refractivity contribution in [1.29, 1.82) is 0 Å². The Kier molecular flexibility index (Phi) is 6.06. The Morgan fingerprint density at radius 1 is 1.10 bits per heavy atom. The number of carbonyl (C=O) groups excluding carboxylic acids is 1. The predicted octanol–water partition coefficient (Wildman–Crippen LogP) is 4.14. The van der Waals surface area contributed by atoms with Crippen LogP contribution in [0.3, 0.4) is 0 Å². The average Bonchev–Trinajstić information content (AvgIpc) is 3.28. The highest BCUT2D eigenvalue weighted by Gasteiger charge is 2.25. The third-order valence-electron chi connectivity index (χ3n) is 5.52. The molecule has 1 amide bonds. The van der Waals surface area contributed by atoms with Crippen molar-refractivity contribution in [3.8, 4) is 16.9 Å². The van der Waals surface area contributed by atoms with E-state index < -0.39 is 0 Å². The highest BCUT2D eigenvalue weighted by molar-refractivity contribution is 5.95. The van der Waals surface area contributed by atoms with Gasteiger partial charge in [0, 0.05) is 23.7 Å². The number of aromatic nitrogens is 2. The average molecular weight is 389 g/mol. The van der Waals surface area contributed by atoms with Crippen LogP contribution in [0, 0.1) is 0 Å². The molecule has 1 N–H and O–H groups in total. The largest absolute Gasteiger partial charge is 0.336 e. The molecule has 5 nitrogen and oxygen atoms in total. The lowest BCUT2D eigenvalue weighted by Gasteiger charge is -2.34. The minimum atomic E-state index is 0.119. The van der Waals surface area contributed by atoms with E-state index in [4.69, 9.17) is 0 Å². The van der Waals surface area contributed by atoms with Gasteiger partial charge in [0.15, 0.2) is 0 Å². The van der Waals surface area contributed by atoms with Gasteiger partial charge < -0.3 is 10.2 Å². The zero-order chi connectivity index (χ0) is 20.1. The smallest absolute Gasteiger partial charge is 0.254 e. The molecule has 29 heavy (non-hydrogen) atoms. The Balaban J connectivity index is 1.64. The Hall–Kier alpha value is -2.92. The number of piperidine rings is 1. The van der Waals surface area contributed by atoms with E-state index >= 15 is 0 Å². The van der Waals surface area contributed by atoms with Crippen LogP contribution in [-0.2, 0) is 0 Å². The summed E-state index contributed by atoms with van der Waals surface area (Å²) in [5, 5.41) is 7.91. The third-order valence-corrected chi connectivity index (χ3v) is 5.52. The van der Waals surface area contributed by atoms with E-state index in [-0.39, 0.29) is 5.91 Å². The number of benzene rings is 2. The third kappa shape index (κ3) is 4.25. The molecule has 5 heteroatoms. The quantitative estimate of drug-likeness (QED) is 0.690. The molecule has 1 aliphatic rings. The van der Waals surface area contributed by atoms with Gasteiger partial charge in [-0.05, 0) is 56.6 Å². The molecule has 0 saturated carbocycles. The molecule has 0 aliphatic carbocycles. The van der Waals surface area contributed by atoms with Gasteiger partial charge in [0.2, 0.25) is 0 Å². The van der Waals surface area contributed by atoms with Crippen LogP contribution in [0.1, 0.15) is 36.5 Å². The molecule has 150 valence electrons. The van der Waals surface area contributed by atoms with Gasteiger partial charge >= 0.3 is 0 Å². The van der Waals surface area contributed by atoms with Gasteiger partial charge in [-0.25, -0.2) is 4.68 Å². The van der Waals surface area contributed by atoms with E-state index in [1.807, 2.05) is 53.2 Å². The fraction of sp³-hybridized carbons (Fsp3) is 0.333. The maximum absolute atomic E-state index is 13.4. The second kappa shape index (κ2) is 9.05. The molecule has 0 unspecified atom stereocenters. The van der Waals surface area contributed by atoms with E-state index in [0.29, 0.717) is 6.04 Å². The van der Waals surface area contributed by atoms with E-state index in [0.717, 1.165) is 61.4 Å². The van der Waals surface area contributed by atoms with Gasteiger partial charge in [-0.2, -0.15) is 5.10 Å². The van der Waals surface area contributed by atoms with Crippen LogP contribution in [0.25, 0.3) is 16.9 Å². The van der Waals surface area contributed by atoms with Crippen molar-refractivity contribution in [1.82, 2.24) is 20.0 Å². The van der Waals surface area contributed by atoms with E-state index in [9.17, 15) is 4.79 Å². The fourth-order valence-electron chi connectivity index (χ4n) is 4.08. The zero-order valence-electron chi connectivity index (χ0n) is 16.9. The van der Waals surface area contributed by atoms with E-state index in [1.165, 1.54) is 0 Å². The molecule has 2 heterocycles. The summed E-state index contributed by atoms with van der Waals surface area (Å²) in [6.45, 7) is 4.89. The molecule has 1 aliphatic heterocycles. The van der Waals surface area contributed by atoms with Gasteiger partial charge in [-0.3, -0.25) is 4.79 Å². The van der Waals surface area contributed by atoms with Crippen LogP contribution in [0.5, 0.6) is 0 Å². The summed E-state index contributed by atoms with van der Waals surface area (Å²) in [5.74, 6) is 0.119. The van der Waals surface area contributed by atoms with Crippen molar-refractivity contribution >= 4 is 5.91 Å². The zero-order valence-corrected chi connectivity index (χ0v) is 16.9. The van der Waals surface area contributed by atoms with Gasteiger partial charge in [0.05, 0.1) is 17.6 Å². The number of hydrogen-bond donors (Lipinski definition) is 1. The predicted molar refractivity (Wildman–Crippen MR) is 116 cm³/mol. The molecule has 1 aromatic heterocycles. The van der Waals surface area contributed by atoms with Crippen LogP contribution in [-0.4, -0.2) is 46.3 Å². The summed E-state index contributed by atoms with van der Waals surface area (Å²) in [5.41, 5.74) is 3.74. The normalized spacial score (nSPS) is 14.7. The summed E-state index contributed by atoms with van der Waals surface area (Å²) >= 11 is 0. The van der Waals surface area contributed by atoms with Gasteiger partial charge in [0.25, 0.3) is 5.91 Å². The number of nitrogens with zero attached hydrogens (tertiary/aromatic N) is 3. The lowest BCUT2D eigenvalue weighted by Crippen LogP contribution is -2.46. The molecule has 3 aromatic rings. The lowest BCUT2D eigenvalue weighted by atomic mass is 10.0. The first-order chi connectivity index (χ1) is 14.3. The Morgan fingerprint density at radius 3 is 2.66 bits per heavy atom. The summed E-state index contributed by atoms with van der Waals surface area (Å²) < 4.78 is 1.90. The minimum absolute atomic E-state index is 0.119. The highest BCUT2D eigenvalue weighted by atomic mass is 16.2. The summed E-state index contributed by atoms with van der Waals surface area (Å²) in [7, 11) is 0. The fourth-order valence-corrected chi connectivity index (χ4v) is 4.08. The van der Waals surface area contributed by atoms with Crippen LogP contribution in [0.2, 0.25) is 0 Å². The number of hydrogen-bond acceptors (Lipinski definition) is 3. The van der Waals surface area contributed by atoms with E-state index in [1.54, 1.807) is 6.20 Å². The second-order valence-corrected chi connectivity index (χ2v) is 7.52. The molecule has 0 spiro atoms. The van der Waals surface area contributed by atoms with Gasteiger partial charge in [0.1, 0.15) is 0 Å². The number of nitrogens with one attached hydrogen (secondary N) is 1. The molecular formula is C24H28N4O. The molecule has 1 fully saturated rings. The monoisotopic (exact) mass is 388 g/mol. The topological polar surface area (TPSA) is 50.2 Å². The Morgan fingerprint density at radius 2 is 1.90 bits per heavy atom. The van der Waals surface area contributed by atoms with Crippen molar-refractivity contribution < 1.29 is 4.79 Å². The first-order valence-corrected chi connectivity index (χ1v) is 10.5. The van der Waals surface area contributed by atoms with Crippen molar-refractivity contribution in [2.45, 2.75) is 32.2 Å². The molecule has 4 rings (SSSR count). The molecular weight excluding hydrogens is 360 g/mol. The number of amides is 1. The SMILES string of the molecule is CCCN(C(=O)c1cccc(-n2nccc2-c2ccccc2)c1)C1CCNCC1. The molecule has 0 atom stereocenters.